The van der Waals surface area contributed by atoms with Crippen LogP contribution >= 0.6 is 0 Å². The molecule has 1 aromatic rings. The summed E-state index contributed by atoms with van der Waals surface area (Å²) in [4.78, 5) is 0. The summed E-state index contributed by atoms with van der Waals surface area (Å²) in [7, 11) is -1.28. The summed E-state index contributed by atoms with van der Waals surface area (Å²) in [5, 5.41) is 7.43. The quantitative estimate of drug-likeness (QED) is 0.675. The normalized spacial score (nSPS) is 11.9. The standard InChI is InChI=1S/C11H21N3O3S/c1-10-11(8-12-4-6-17-2)9-13-14(10)5-7-18(3,15)16/h9,12H,4-8H2,1-3H3. The molecule has 7 heteroatoms. The van der Waals surface area contributed by atoms with E-state index in [0.29, 0.717) is 19.7 Å². The third-order valence-electron chi connectivity index (χ3n) is 2.68. The van der Waals surface area contributed by atoms with E-state index in [1.54, 1.807) is 18.0 Å². The maximum Gasteiger partial charge on any atom is 0.149 e. The van der Waals surface area contributed by atoms with Crippen LogP contribution in [0.5, 0.6) is 0 Å². The van der Waals surface area contributed by atoms with E-state index in [0.717, 1.165) is 17.8 Å². The van der Waals surface area contributed by atoms with Gasteiger partial charge in [0.15, 0.2) is 0 Å². The molecule has 0 saturated carbocycles. The molecule has 0 bridgehead atoms. The Morgan fingerprint density at radius 1 is 1.50 bits per heavy atom. The second-order valence-electron chi connectivity index (χ2n) is 4.28. The Bertz CT molecular complexity index is 468. The molecule has 104 valence electrons. The number of aryl methyl sites for hydroxylation is 1. The highest BCUT2D eigenvalue weighted by molar-refractivity contribution is 7.90. The topological polar surface area (TPSA) is 73.2 Å². The summed E-state index contributed by atoms with van der Waals surface area (Å²) in [6.07, 6.45) is 3.01. The monoisotopic (exact) mass is 275 g/mol. The maximum absolute atomic E-state index is 11.1. The van der Waals surface area contributed by atoms with Gasteiger partial charge in [-0.1, -0.05) is 0 Å². The van der Waals surface area contributed by atoms with Crippen LogP contribution in [0.2, 0.25) is 0 Å². The lowest BCUT2D eigenvalue weighted by Gasteiger charge is -2.06. The van der Waals surface area contributed by atoms with Crippen molar-refractivity contribution < 1.29 is 13.2 Å². The highest BCUT2D eigenvalue weighted by Gasteiger charge is 2.08. The van der Waals surface area contributed by atoms with Gasteiger partial charge in [0.1, 0.15) is 9.84 Å². The Balaban J connectivity index is 2.50. The molecule has 0 aliphatic heterocycles. The van der Waals surface area contributed by atoms with Crippen molar-refractivity contribution in [2.24, 2.45) is 0 Å². The van der Waals surface area contributed by atoms with Gasteiger partial charge >= 0.3 is 0 Å². The molecular formula is C11H21N3O3S. The minimum atomic E-state index is -2.95. The van der Waals surface area contributed by atoms with Gasteiger partial charge in [-0.25, -0.2) is 8.42 Å². The summed E-state index contributed by atoms with van der Waals surface area (Å²) in [6, 6.07) is 0. The number of ether oxygens (including phenoxy) is 1. The van der Waals surface area contributed by atoms with Gasteiger partial charge in [0.2, 0.25) is 0 Å². The number of sulfone groups is 1. The van der Waals surface area contributed by atoms with E-state index in [2.05, 4.69) is 10.4 Å². The third-order valence-corrected chi connectivity index (χ3v) is 3.60. The lowest BCUT2D eigenvalue weighted by atomic mass is 10.2. The molecule has 1 heterocycles. The summed E-state index contributed by atoms with van der Waals surface area (Å²) < 4.78 is 28.9. The Morgan fingerprint density at radius 3 is 2.83 bits per heavy atom. The predicted octanol–water partition coefficient (Wildman–Crippen LogP) is -0.0279. The lowest BCUT2D eigenvalue weighted by Crippen LogP contribution is -2.19. The molecule has 0 spiro atoms. The van der Waals surface area contributed by atoms with E-state index in [1.807, 2.05) is 6.92 Å². The number of nitrogens with one attached hydrogen (secondary N) is 1. The van der Waals surface area contributed by atoms with Gasteiger partial charge in [0.25, 0.3) is 0 Å². The first-order chi connectivity index (χ1) is 8.44. The van der Waals surface area contributed by atoms with Crippen molar-refractivity contribution in [3.63, 3.8) is 0 Å². The number of rotatable bonds is 8. The van der Waals surface area contributed by atoms with E-state index in [-0.39, 0.29) is 5.75 Å². The Morgan fingerprint density at radius 2 is 2.22 bits per heavy atom. The van der Waals surface area contributed by atoms with Crippen molar-refractivity contribution in [2.75, 3.05) is 32.3 Å². The van der Waals surface area contributed by atoms with E-state index in [1.165, 1.54) is 6.26 Å². The van der Waals surface area contributed by atoms with Crippen LogP contribution in [0.15, 0.2) is 6.20 Å². The number of nitrogens with zero attached hydrogens (tertiary/aromatic N) is 2. The zero-order chi connectivity index (χ0) is 13.6. The average Bonchev–Trinajstić information content (AvgIpc) is 2.63. The smallest absolute Gasteiger partial charge is 0.149 e. The van der Waals surface area contributed by atoms with Crippen LogP contribution < -0.4 is 5.32 Å². The van der Waals surface area contributed by atoms with Gasteiger partial charge in [-0.05, 0) is 6.92 Å². The van der Waals surface area contributed by atoms with E-state index in [9.17, 15) is 8.42 Å². The molecule has 0 unspecified atom stereocenters. The molecule has 18 heavy (non-hydrogen) atoms. The van der Waals surface area contributed by atoms with Crippen molar-refractivity contribution in [3.8, 4) is 0 Å². The van der Waals surface area contributed by atoms with Gasteiger partial charge in [-0.15, -0.1) is 0 Å². The molecule has 0 aliphatic carbocycles. The van der Waals surface area contributed by atoms with E-state index in [4.69, 9.17) is 4.74 Å². The third kappa shape index (κ3) is 5.16. The summed E-state index contributed by atoms with van der Waals surface area (Å²) in [5.74, 6) is 0.117. The Labute approximate surface area is 108 Å². The average molecular weight is 275 g/mol. The number of hydrogen-bond donors (Lipinski definition) is 1. The molecule has 6 nitrogen and oxygen atoms in total. The first-order valence-electron chi connectivity index (χ1n) is 5.82. The van der Waals surface area contributed by atoms with Gasteiger partial charge in [-0.2, -0.15) is 5.10 Å². The molecule has 0 saturated heterocycles. The predicted molar refractivity (Wildman–Crippen MR) is 70.3 cm³/mol. The van der Waals surface area contributed by atoms with Crippen molar-refractivity contribution in [2.45, 2.75) is 20.0 Å². The van der Waals surface area contributed by atoms with Gasteiger partial charge in [0.05, 0.1) is 25.1 Å². The highest BCUT2D eigenvalue weighted by Crippen LogP contribution is 2.07. The molecule has 1 rings (SSSR count). The fraction of sp³-hybridized carbons (Fsp3) is 0.727. The van der Waals surface area contributed by atoms with Crippen LogP contribution in [0.25, 0.3) is 0 Å². The Kier molecular flexibility index (Phi) is 5.77. The lowest BCUT2D eigenvalue weighted by molar-refractivity contribution is 0.199. The summed E-state index contributed by atoms with van der Waals surface area (Å²) in [6.45, 7) is 4.52. The van der Waals surface area contributed by atoms with Crippen LogP contribution in [-0.2, 0) is 27.7 Å². The molecule has 0 radical (unpaired) electrons. The summed E-state index contributed by atoms with van der Waals surface area (Å²) >= 11 is 0. The van der Waals surface area contributed by atoms with Gasteiger partial charge in [-0.3, -0.25) is 4.68 Å². The summed E-state index contributed by atoms with van der Waals surface area (Å²) in [5.41, 5.74) is 2.09. The molecule has 0 aliphatic rings. The minimum Gasteiger partial charge on any atom is -0.383 e. The number of aromatic nitrogens is 2. The number of hydrogen-bond acceptors (Lipinski definition) is 5. The second kappa shape index (κ2) is 6.86. The van der Waals surface area contributed by atoms with E-state index < -0.39 is 9.84 Å². The largest absolute Gasteiger partial charge is 0.383 e. The molecule has 0 aromatic carbocycles. The Hall–Kier alpha value is -0.920. The van der Waals surface area contributed by atoms with Crippen molar-refractivity contribution >= 4 is 9.84 Å². The van der Waals surface area contributed by atoms with Crippen molar-refractivity contribution in [1.29, 1.82) is 0 Å². The van der Waals surface area contributed by atoms with Gasteiger partial charge in [0, 0.05) is 37.7 Å². The zero-order valence-corrected chi connectivity index (χ0v) is 12.0. The molecule has 1 N–H and O–H groups in total. The fourth-order valence-electron chi connectivity index (χ4n) is 1.53. The van der Waals surface area contributed by atoms with Crippen LogP contribution in [0.4, 0.5) is 0 Å². The van der Waals surface area contributed by atoms with Crippen LogP contribution in [-0.4, -0.2) is 50.5 Å². The minimum absolute atomic E-state index is 0.117. The SMILES string of the molecule is COCCNCc1cnn(CCS(C)(=O)=O)c1C. The van der Waals surface area contributed by atoms with Crippen LogP contribution in [0.3, 0.4) is 0 Å². The molecule has 0 fully saturated rings. The van der Waals surface area contributed by atoms with Crippen LogP contribution in [0.1, 0.15) is 11.3 Å². The van der Waals surface area contributed by atoms with Crippen LogP contribution in [0, 0.1) is 6.92 Å². The van der Waals surface area contributed by atoms with Gasteiger partial charge < -0.3 is 10.1 Å². The van der Waals surface area contributed by atoms with Crippen molar-refractivity contribution in [3.05, 3.63) is 17.5 Å². The fourth-order valence-corrected chi connectivity index (χ4v) is 2.04. The molecule has 1 aromatic heterocycles. The molecular weight excluding hydrogens is 254 g/mol. The van der Waals surface area contributed by atoms with E-state index >= 15 is 0 Å². The first kappa shape index (κ1) is 15.1. The maximum atomic E-state index is 11.1. The second-order valence-corrected chi connectivity index (χ2v) is 6.54. The zero-order valence-electron chi connectivity index (χ0n) is 11.1. The molecule has 0 atom stereocenters. The first-order valence-corrected chi connectivity index (χ1v) is 7.89. The number of methoxy groups -OCH3 is 1. The van der Waals surface area contributed by atoms with Crippen molar-refractivity contribution in [1.82, 2.24) is 15.1 Å². The molecule has 0 amide bonds. The highest BCUT2D eigenvalue weighted by atomic mass is 32.2.